The number of ether oxygens (including phenoxy) is 1. The zero-order valence-corrected chi connectivity index (χ0v) is 7.75. The summed E-state index contributed by atoms with van der Waals surface area (Å²) in [6.07, 6.45) is 4.07. The molecule has 2 rings (SSSR count). The van der Waals surface area contributed by atoms with Gasteiger partial charge in [0, 0.05) is 5.92 Å². The Morgan fingerprint density at radius 2 is 2.00 bits per heavy atom. The van der Waals surface area contributed by atoms with E-state index in [9.17, 15) is 9.90 Å². The van der Waals surface area contributed by atoms with Crippen molar-refractivity contribution in [3.8, 4) is 0 Å². The summed E-state index contributed by atoms with van der Waals surface area (Å²) in [6, 6.07) is 0. The molecule has 1 aliphatic heterocycles. The third kappa shape index (κ3) is 1.32. The summed E-state index contributed by atoms with van der Waals surface area (Å²) < 4.78 is 5.35. The van der Waals surface area contributed by atoms with Crippen molar-refractivity contribution >= 4 is 5.78 Å². The standard InChI is InChI=1S/C10H14O3/c1-6-8(11)9(12)10(13-6)7-4-2-3-5-7/h7,10-11H,2-5H2,1H3. The summed E-state index contributed by atoms with van der Waals surface area (Å²) in [5.41, 5.74) is 0. The van der Waals surface area contributed by atoms with Gasteiger partial charge in [-0.05, 0) is 19.8 Å². The van der Waals surface area contributed by atoms with E-state index in [1.807, 2.05) is 0 Å². The molecular weight excluding hydrogens is 168 g/mol. The second kappa shape index (κ2) is 3.05. The minimum absolute atomic E-state index is 0.170. The molecule has 3 heteroatoms. The molecule has 1 unspecified atom stereocenters. The SMILES string of the molecule is CC1=C(O)C(=O)C(C2CCCC2)O1. The van der Waals surface area contributed by atoms with Crippen LogP contribution >= 0.6 is 0 Å². The van der Waals surface area contributed by atoms with Crippen molar-refractivity contribution < 1.29 is 14.6 Å². The van der Waals surface area contributed by atoms with E-state index in [2.05, 4.69) is 0 Å². The van der Waals surface area contributed by atoms with Gasteiger partial charge in [0.05, 0.1) is 0 Å². The monoisotopic (exact) mass is 182 g/mol. The van der Waals surface area contributed by atoms with Gasteiger partial charge in [-0.3, -0.25) is 4.79 Å². The first-order valence-corrected chi connectivity index (χ1v) is 4.81. The fourth-order valence-electron chi connectivity index (χ4n) is 2.18. The first-order chi connectivity index (χ1) is 6.20. The van der Waals surface area contributed by atoms with Gasteiger partial charge in [0.2, 0.25) is 11.5 Å². The first-order valence-electron chi connectivity index (χ1n) is 4.81. The minimum Gasteiger partial charge on any atom is -0.502 e. The van der Waals surface area contributed by atoms with E-state index >= 15 is 0 Å². The van der Waals surface area contributed by atoms with Gasteiger partial charge in [-0.25, -0.2) is 0 Å². The highest BCUT2D eigenvalue weighted by Crippen LogP contribution is 2.34. The molecule has 0 aromatic heterocycles. The van der Waals surface area contributed by atoms with Crippen LogP contribution in [0.2, 0.25) is 0 Å². The molecule has 2 aliphatic rings. The Labute approximate surface area is 77.4 Å². The molecule has 0 aromatic carbocycles. The number of allylic oxidation sites excluding steroid dienone is 1. The number of hydrogen-bond donors (Lipinski definition) is 1. The van der Waals surface area contributed by atoms with Gasteiger partial charge < -0.3 is 9.84 Å². The number of ketones is 1. The number of hydrogen-bond acceptors (Lipinski definition) is 3. The second-order valence-corrected chi connectivity index (χ2v) is 3.85. The summed E-state index contributed by atoms with van der Waals surface area (Å²) in [4.78, 5) is 11.5. The highest BCUT2D eigenvalue weighted by atomic mass is 16.5. The molecule has 0 spiro atoms. The van der Waals surface area contributed by atoms with Crippen LogP contribution < -0.4 is 0 Å². The highest BCUT2D eigenvalue weighted by Gasteiger charge is 2.39. The molecule has 3 nitrogen and oxygen atoms in total. The average Bonchev–Trinajstić information content (AvgIpc) is 2.70. The maximum atomic E-state index is 11.5. The molecule has 13 heavy (non-hydrogen) atoms. The van der Waals surface area contributed by atoms with Crippen LogP contribution in [0.15, 0.2) is 11.5 Å². The Balaban J connectivity index is 2.09. The fraction of sp³-hybridized carbons (Fsp3) is 0.700. The predicted molar refractivity (Wildman–Crippen MR) is 47.2 cm³/mol. The van der Waals surface area contributed by atoms with Gasteiger partial charge in [-0.1, -0.05) is 12.8 Å². The van der Waals surface area contributed by atoms with Crippen LogP contribution in [-0.2, 0) is 9.53 Å². The Bertz CT molecular complexity index is 261. The van der Waals surface area contributed by atoms with Crippen LogP contribution in [0.1, 0.15) is 32.6 Å². The number of carbonyl (C=O) groups excluding carboxylic acids is 1. The number of rotatable bonds is 1. The number of aliphatic hydroxyl groups is 1. The zero-order chi connectivity index (χ0) is 9.42. The molecule has 0 bridgehead atoms. The van der Waals surface area contributed by atoms with E-state index in [0.717, 1.165) is 12.8 Å². The van der Waals surface area contributed by atoms with E-state index in [-0.39, 0.29) is 17.6 Å². The lowest BCUT2D eigenvalue weighted by Gasteiger charge is -2.16. The van der Waals surface area contributed by atoms with E-state index in [1.165, 1.54) is 12.8 Å². The Morgan fingerprint density at radius 3 is 2.46 bits per heavy atom. The molecule has 1 heterocycles. The molecule has 0 amide bonds. The van der Waals surface area contributed by atoms with Gasteiger partial charge >= 0.3 is 0 Å². The summed E-state index contributed by atoms with van der Waals surface area (Å²) in [6.45, 7) is 1.64. The van der Waals surface area contributed by atoms with Gasteiger partial charge in [0.15, 0.2) is 6.10 Å². The highest BCUT2D eigenvalue weighted by molar-refractivity contribution is 5.99. The summed E-state index contributed by atoms with van der Waals surface area (Å²) >= 11 is 0. The number of Topliss-reactive ketones (excluding diaryl/α,β-unsaturated/α-hetero) is 1. The fourth-order valence-corrected chi connectivity index (χ4v) is 2.18. The summed E-state index contributed by atoms with van der Waals surface area (Å²) in [5, 5.41) is 9.30. The largest absolute Gasteiger partial charge is 0.502 e. The van der Waals surface area contributed by atoms with E-state index in [4.69, 9.17) is 4.74 Å². The molecular formula is C10H14O3. The maximum Gasteiger partial charge on any atom is 0.241 e. The van der Waals surface area contributed by atoms with Gasteiger partial charge in [0.25, 0.3) is 0 Å². The van der Waals surface area contributed by atoms with E-state index in [1.54, 1.807) is 6.92 Å². The molecule has 1 N–H and O–H groups in total. The topological polar surface area (TPSA) is 46.5 Å². The molecule has 1 aliphatic carbocycles. The lowest BCUT2D eigenvalue weighted by molar-refractivity contribution is -0.125. The minimum atomic E-state index is -0.387. The molecule has 1 atom stereocenters. The molecule has 1 fully saturated rings. The van der Waals surface area contributed by atoms with Crippen LogP contribution in [-0.4, -0.2) is 17.0 Å². The van der Waals surface area contributed by atoms with Gasteiger partial charge in [-0.2, -0.15) is 0 Å². The summed E-state index contributed by atoms with van der Waals surface area (Å²) in [5.74, 6) is 0.329. The zero-order valence-electron chi connectivity index (χ0n) is 7.75. The van der Waals surface area contributed by atoms with Crippen LogP contribution in [0.5, 0.6) is 0 Å². The van der Waals surface area contributed by atoms with Crippen molar-refractivity contribution in [3.63, 3.8) is 0 Å². The quantitative estimate of drug-likeness (QED) is 0.674. The smallest absolute Gasteiger partial charge is 0.241 e. The van der Waals surface area contributed by atoms with Crippen molar-refractivity contribution in [1.29, 1.82) is 0 Å². The molecule has 0 aromatic rings. The number of carbonyl (C=O) groups is 1. The average molecular weight is 182 g/mol. The summed E-state index contributed by atoms with van der Waals surface area (Å²) in [7, 11) is 0. The van der Waals surface area contributed by atoms with E-state index < -0.39 is 0 Å². The predicted octanol–water partition coefficient (Wildman–Crippen LogP) is 1.93. The van der Waals surface area contributed by atoms with Gasteiger partial charge in [-0.15, -0.1) is 0 Å². The van der Waals surface area contributed by atoms with Crippen LogP contribution in [0.4, 0.5) is 0 Å². The van der Waals surface area contributed by atoms with Crippen LogP contribution in [0.25, 0.3) is 0 Å². The van der Waals surface area contributed by atoms with Crippen molar-refractivity contribution in [2.45, 2.75) is 38.7 Å². The van der Waals surface area contributed by atoms with Crippen molar-refractivity contribution in [1.82, 2.24) is 0 Å². The van der Waals surface area contributed by atoms with Crippen LogP contribution in [0, 0.1) is 5.92 Å². The number of aliphatic hydroxyl groups excluding tert-OH is 1. The second-order valence-electron chi connectivity index (χ2n) is 3.85. The molecule has 0 radical (unpaired) electrons. The van der Waals surface area contributed by atoms with E-state index in [0.29, 0.717) is 11.7 Å². The van der Waals surface area contributed by atoms with Crippen molar-refractivity contribution in [2.75, 3.05) is 0 Å². The lowest BCUT2D eigenvalue weighted by Crippen LogP contribution is -2.26. The molecule has 1 saturated carbocycles. The molecule has 0 saturated heterocycles. The van der Waals surface area contributed by atoms with Gasteiger partial charge in [0.1, 0.15) is 5.76 Å². The third-order valence-corrected chi connectivity index (χ3v) is 2.96. The first kappa shape index (κ1) is 8.60. The third-order valence-electron chi connectivity index (χ3n) is 2.96. The van der Waals surface area contributed by atoms with Crippen molar-refractivity contribution in [3.05, 3.63) is 11.5 Å². The normalized spacial score (nSPS) is 29.9. The molecule has 72 valence electrons. The van der Waals surface area contributed by atoms with Crippen molar-refractivity contribution in [2.24, 2.45) is 5.92 Å². The lowest BCUT2D eigenvalue weighted by atomic mass is 9.98. The maximum absolute atomic E-state index is 11.5. The Morgan fingerprint density at radius 1 is 1.38 bits per heavy atom. The Kier molecular flexibility index (Phi) is 2.02. The Hall–Kier alpha value is -0.990. The van der Waals surface area contributed by atoms with Crippen LogP contribution in [0.3, 0.4) is 0 Å².